The molecule has 58 valence electrons. The van der Waals surface area contributed by atoms with E-state index in [0.29, 0.717) is 13.2 Å². The quantitative estimate of drug-likeness (QED) is 0.461. The molecular weight excluding hydrogens is 130 g/mol. The summed E-state index contributed by atoms with van der Waals surface area (Å²) in [6.45, 7) is 4.37. The zero-order valence-electron chi connectivity index (χ0n) is 6.39. The number of carbonyl (C=O) groups excluding carboxylic acids is 1. The number of hydrogen-bond acceptors (Lipinski definition) is 3. The summed E-state index contributed by atoms with van der Waals surface area (Å²) in [4.78, 5) is 10.7. The van der Waals surface area contributed by atoms with E-state index in [9.17, 15) is 4.79 Å². The van der Waals surface area contributed by atoms with Gasteiger partial charge in [0.15, 0.2) is 0 Å². The third kappa shape index (κ3) is 4.09. The Kier molecular flexibility index (Phi) is 4.58. The molecule has 0 rings (SSSR count). The smallest absolute Gasteiger partial charge is 0.330 e. The van der Waals surface area contributed by atoms with Crippen molar-refractivity contribution in [2.45, 2.75) is 13.8 Å². The molecule has 0 aliphatic carbocycles. The first-order valence-corrected chi connectivity index (χ1v) is 3.24. The van der Waals surface area contributed by atoms with Crippen LogP contribution in [0.15, 0.2) is 11.6 Å². The fourth-order valence-electron chi connectivity index (χ4n) is 0.444. The van der Waals surface area contributed by atoms with Crippen molar-refractivity contribution in [2.24, 2.45) is 5.73 Å². The van der Waals surface area contributed by atoms with Crippen LogP contribution in [0.1, 0.15) is 13.8 Å². The minimum atomic E-state index is -0.314. The van der Waals surface area contributed by atoms with Crippen LogP contribution in [0.25, 0.3) is 0 Å². The second kappa shape index (κ2) is 4.99. The molecule has 0 fully saturated rings. The van der Waals surface area contributed by atoms with Crippen LogP contribution in [-0.4, -0.2) is 19.1 Å². The van der Waals surface area contributed by atoms with Gasteiger partial charge in [0, 0.05) is 12.6 Å². The van der Waals surface area contributed by atoms with Gasteiger partial charge in [-0.1, -0.05) is 5.57 Å². The van der Waals surface area contributed by atoms with Crippen LogP contribution in [0.2, 0.25) is 0 Å². The van der Waals surface area contributed by atoms with Crippen LogP contribution >= 0.6 is 0 Å². The molecule has 0 saturated heterocycles. The van der Waals surface area contributed by atoms with Crippen LogP contribution in [0.5, 0.6) is 0 Å². The van der Waals surface area contributed by atoms with E-state index in [1.54, 1.807) is 13.8 Å². The summed E-state index contributed by atoms with van der Waals surface area (Å²) in [5.41, 5.74) is 6.07. The van der Waals surface area contributed by atoms with Crippen molar-refractivity contribution in [1.82, 2.24) is 0 Å². The van der Waals surface area contributed by atoms with Gasteiger partial charge < -0.3 is 10.5 Å². The third-order valence-electron chi connectivity index (χ3n) is 0.973. The average Bonchev–Trinajstić information content (AvgIpc) is 1.88. The normalized spacial score (nSPS) is 11.3. The van der Waals surface area contributed by atoms with Crippen molar-refractivity contribution in [3.63, 3.8) is 0 Å². The van der Waals surface area contributed by atoms with E-state index < -0.39 is 0 Å². The number of ether oxygens (including phenoxy) is 1. The van der Waals surface area contributed by atoms with Crippen molar-refractivity contribution < 1.29 is 9.53 Å². The van der Waals surface area contributed by atoms with E-state index in [-0.39, 0.29) is 5.97 Å². The van der Waals surface area contributed by atoms with E-state index in [1.165, 1.54) is 6.08 Å². The Hall–Kier alpha value is -0.830. The number of carbonyl (C=O) groups is 1. The lowest BCUT2D eigenvalue weighted by molar-refractivity contribution is -0.137. The molecule has 0 radical (unpaired) electrons. The fraction of sp³-hybridized carbons (Fsp3) is 0.571. The van der Waals surface area contributed by atoms with Crippen LogP contribution in [-0.2, 0) is 9.53 Å². The Morgan fingerprint density at radius 3 is 2.70 bits per heavy atom. The molecule has 0 aliphatic heterocycles. The molecule has 0 atom stereocenters. The van der Waals surface area contributed by atoms with E-state index in [0.717, 1.165) is 5.57 Å². The monoisotopic (exact) mass is 143 g/mol. The largest absolute Gasteiger partial charge is 0.463 e. The first kappa shape index (κ1) is 9.17. The molecule has 0 aromatic rings. The third-order valence-corrected chi connectivity index (χ3v) is 0.973. The van der Waals surface area contributed by atoms with Crippen molar-refractivity contribution in [2.75, 3.05) is 13.2 Å². The number of rotatable bonds is 3. The molecule has 3 nitrogen and oxygen atoms in total. The second-order valence-corrected chi connectivity index (χ2v) is 1.95. The first-order valence-electron chi connectivity index (χ1n) is 3.24. The van der Waals surface area contributed by atoms with Gasteiger partial charge in [0.25, 0.3) is 0 Å². The Balaban J connectivity index is 3.75. The predicted octanol–water partition coefficient (Wildman–Crippen LogP) is 0.455. The van der Waals surface area contributed by atoms with Crippen LogP contribution in [0.3, 0.4) is 0 Å². The SMILES string of the molecule is CCOC(=O)C=C(C)CN. The summed E-state index contributed by atoms with van der Waals surface area (Å²) < 4.78 is 4.64. The lowest BCUT2D eigenvalue weighted by Gasteiger charge is -1.96. The van der Waals surface area contributed by atoms with E-state index in [4.69, 9.17) is 5.73 Å². The van der Waals surface area contributed by atoms with Gasteiger partial charge in [0.05, 0.1) is 6.61 Å². The summed E-state index contributed by atoms with van der Waals surface area (Å²) in [7, 11) is 0. The summed E-state index contributed by atoms with van der Waals surface area (Å²) >= 11 is 0. The zero-order chi connectivity index (χ0) is 7.98. The van der Waals surface area contributed by atoms with Crippen LogP contribution < -0.4 is 5.73 Å². The van der Waals surface area contributed by atoms with Gasteiger partial charge in [-0.25, -0.2) is 4.79 Å². The van der Waals surface area contributed by atoms with Gasteiger partial charge in [-0.15, -0.1) is 0 Å². The maximum absolute atomic E-state index is 10.7. The van der Waals surface area contributed by atoms with Crippen LogP contribution in [0, 0.1) is 0 Å². The first-order chi connectivity index (χ1) is 4.70. The molecule has 2 N–H and O–H groups in total. The molecule has 0 spiro atoms. The standard InChI is InChI=1S/C7H13NO2/c1-3-10-7(9)4-6(2)5-8/h4H,3,5,8H2,1-2H3. The predicted molar refractivity (Wildman–Crippen MR) is 39.4 cm³/mol. The van der Waals surface area contributed by atoms with E-state index in [1.807, 2.05) is 0 Å². The maximum Gasteiger partial charge on any atom is 0.330 e. The van der Waals surface area contributed by atoms with Gasteiger partial charge in [-0.2, -0.15) is 0 Å². The van der Waals surface area contributed by atoms with E-state index in [2.05, 4.69) is 4.74 Å². The molecule has 0 unspecified atom stereocenters. The Bertz CT molecular complexity index is 141. The highest BCUT2D eigenvalue weighted by atomic mass is 16.5. The Labute approximate surface area is 60.9 Å². The van der Waals surface area contributed by atoms with Gasteiger partial charge >= 0.3 is 5.97 Å². The number of hydrogen-bond donors (Lipinski definition) is 1. The highest BCUT2D eigenvalue weighted by molar-refractivity contribution is 5.82. The highest BCUT2D eigenvalue weighted by Crippen LogP contribution is 1.89. The second-order valence-electron chi connectivity index (χ2n) is 1.95. The number of esters is 1. The molecule has 0 aromatic heterocycles. The maximum atomic E-state index is 10.7. The molecule has 10 heavy (non-hydrogen) atoms. The Morgan fingerprint density at radius 1 is 1.70 bits per heavy atom. The van der Waals surface area contributed by atoms with Crippen molar-refractivity contribution in [1.29, 1.82) is 0 Å². The molecule has 0 aromatic carbocycles. The van der Waals surface area contributed by atoms with E-state index >= 15 is 0 Å². The fourth-order valence-corrected chi connectivity index (χ4v) is 0.444. The average molecular weight is 143 g/mol. The lowest BCUT2D eigenvalue weighted by atomic mass is 10.3. The summed E-state index contributed by atoms with van der Waals surface area (Å²) in [6.07, 6.45) is 1.41. The summed E-state index contributed by atoms with van der Waals surface area (Å²) in [5.74, 6) is -0.314. The topological polar surface area (TPSA) is 52.3 Å². The molecule has 0 aliphatic rings. The van der Waals surface area contributed by atoms with Crippen molar-refractivity contribution in [3.05, 3.63) is 11.6 Å². The molecule has 0 heterocycles. The molecule has 3 heteroatoms. The Morgan fingerprint density at radius 2 is 2.30 bits per heavy atom. The summed E-state index contributed by atoms with van der Waals surface area (Å²) in [6, 6.07) is 0. The lowest BCUT2D eigenvalue weighted by Crippen LogP contribution is -2.05. The van der Waals surface area contributed by atoms with Gasteiger partial charge in [-0.05, 0) is 13.8 Å². The minimum Gasteiger partial charge on any atom is -0.463 e. The van der Waals surface area contributed by atoms with Gasteiger partial charge in [0.2, 0.25) is 0 Å². The van der Waals surface area contributed by atoms with Crippen molar-refractivity contribution >= 4 is 5.97 Å². The molecule has 0 saturated carbocycles. The minimum absolute atomic E-state index is 0.314. The van der Waals surface area contributed by atoms with Crippen LogP contribution in [0.4, 0.5) is 0 Å². The zero-order valence-corrected chi connectivity index (χ0v) is 6.39. The van der Waals surface area contributed by atoms with Gasteiger partial charge in [-0.3, -0.25) is 0 Å². The van der Waals surface area contributed by atoms with Crippen molar-refractivity contribution in [3.8, 4) is 0 Å². The highest BCUT2D eigenvalue weighted by Gasteiger charge is 1.94. The number of nitrogens with two attached hydrogens (primary N) is 1. The molecular formula is C7H13NO2. The molecule has 0 bridgehead atoms. The van der Waals surface area contributed by atoms with Gasteiger partial charge in [0.1, 0.15) is 0 Å². The summed E-state index contributed by atoms with van der Waals surface area (Å²) in [5, 5.41) is 0. The molecule has 0 amide bonds.